The van der Waals surface area contributed by atoms with Gasteiger partial charge >= 0.3 is 0 Å². The number of fused-ring (bicyclic) bond motifs is 1. The second kappa shape index (κ2) is 6.29. The summed E-state index contributed by atoms with van der Waals surface area (Å²) in [5, 5.41) is 7.88. The zero-order valence-corrected chi connectivity index (χ0v) is 14.4. The summed E-state index contributed by atoms with van der Waals surface area (Å²) < 4.78 is 1.74. The molecule has 3 aromatic rings. The number of hydrogen-bond donors (Lipinski definition) is 1. The van der Waals surface area contributed by atoms with Crippen molar-refractivity contribution in [3.8, 4) is 0 Å². The van der Waals surface area contributed by atoms with Crippen LogP contribution < -0.4 is 5.32 Å². The summed E-state index contributed by atoms with van der Waals surface area (Å²) in [4.78, 5) is 19.5. The molecule has 1 fully saturated rings. The Morgan fingerprint density at radius 1 is 1.20 bits per heavy atom. The molecule has 1 aromatic carbocycles. The largest absolute Gasteiger partial charge is 0.328 e. The third-order valence-electron chi connectivity index (χ3n) is 4.64. The average molecular weight is 335 g/mol. The molecular weight excluding hydrogens is 314 g/mol. The lowest BCUT2D eigenvalue weighted by Crippen LogP contribution is -2.48. The molecule has 0 unspecified atom stereocenters. The maximum absolute atomic E-state index is 13.1. The van der Waals surface area contributed by atoms with Crippen LogP contribution in [-0.4, -0.2) is 45.0 Å². The van der Waals surface area contributed by atoms with E-state index in [2.05, 4.69) is 27.5 Å². The summed E-state index contributed by atoms with van der Waals surface area (Å²) in [6.07, 6.45) is 0. The topological polar surface area (TPSA) is 62.5 Å². The molecule has 6 heteroatoms. The number of carbonyl (C=O) groups excluding carboxylic acids is 1. The number of benzene rings is 1. The van der Waals surface area contributed by atoms with E-state index >= 15 is 0 Å². The van der Waals surface area contributed by atoms with Gasteiger partial charge in [-0.2, -0.15) is 5.10 Å². The summed E-state index contributed by atoms with van der Waals surface area (Å²) in [7, 11) is 0. The van der Waals surface area contributed by atoms with Crippen molar-refractivity contribution in [1.29, 1.82) is 0 Å². The maximum atomic E-state index is 13.1. The van der Waals surface area contributed by atoms with Gasteiger partial charge in [-0.25, -0.2) is 9.50 Å². The normalized spacial score (nSPS) is 17.8. The van der Waals surface area contributed by atoms with Crippen molar-refractivity contribution in [3.63, 3.8) is 0 Å². The van der Waals surface area contributed by atoms with Crippen molar-refractivity contribution in [2.24, 2.45) is 0 Å². The molecule has 0 aliphatic carbocycles. The van der Waals surface area contributed by atoms with Crippen LogP contribution in [0.3, 0.4) is 0 Å². The Labute approximate surface area is 146 Å². The van der Waals surface area contributed by atoms with E-state index in [1.807, 2.05) is 43.0 Å². The number of nitrogens with one attached hydrogen (secondary N) is 1. The van der Waals surface area contributed by atoms with Crippen LogP contribution in [0.1, 0.15) is 33.5 Å². The van der Waals surface area contributed by atoms with Gasteiger partial charge in [-0.15, -0.1) is 0 Å². The molecule has 0 saturated carbocycles. The highest BCUT2D eigenvalue weighted by Gasteiger charge is 2.30. The van der Waals surface area contributed by atoms with Crippen LogP contribution in [-0.2, 0) is 0 Å². The zero-order valence-electron chi connectivity index (χ0n) is 14.4. The van der Waals surface area contributed by atoms with E-state index < -0.39 is 0 Å². The Bertz CT molecular complexity index is 918. The lowest BCUT2D eigenvalue weighted by molar-refractivity contribution is 0.0628. The molecule has 1 atom stereocenters. The third kappa shape index (κ3) is 2.89. The molecule has 6 nitrogen and oxygen atoms in total. The van der Waals surface area contributed by atoms with Crippen LogP contribution in [0.15, 0.2) is 42.5 Å². The number of rotatable bonds is 2. The van der Waals surface area contributed by atoms with Gasteiger partial charge in [-0.3, -0.25) is 4.79 Å². The number of hydrogen-bond acceptors (Lipinski definition) is 4. The van der Waals surface area contributed by atoms with Crippen molar-refractivity contribution < 1.29 is 4.79 Å². The van der Waals surface area contributed by atoms with Crippen LogP contribution in [0.5, 0.6) is 0 Å². The molecule has 0 radical (unpaired) electrons. The van der Waals surface area contributed by atoms with E-state index in [4.69, 9.17) is 0 Å². The zero-order chi connectivity index (χ0) is 17.4. The van der Waals surface area contributed by atoms with Crippen LogP contribution in [0.4, 0.5) is 0 Å². The molecule has 1 aliphatic rings. The Hall–Kier alpha value is -2.73. The number of nitrogens with zero attached hydrogens (tertiary/aromatic N) is 4. The molecule has 2 aromatic heterocycles. The van der Waals surface area contributed by atoms with Gasteiger partial charge in [0.2, 0.25) is 0 Å². The van der Waals surface area contributed by atoms with Gasteiger partial charge in [0, 0.05) is 37.1 Å². The molecule has 3 heterocycles. The first-order valence-electron chi connectivity index (χ1n) is 8.54. The van der Waals surface area contributed by atoms with E-state index in [-0.39, 0.29) is 11.9 Å². The molecule has 128 valence electrons. The molecule has 1 saturated heterocycles. The van der Waals surface area contributed by atoms with Crippen molar-refractivity contribution in [2.75, 3.05) is 19.6 Å². The Kier molecular flexibility index (Phi) is 3.97. The number of carbonyl (C=O) groups is 1. The van der Waals surface area contributed by atoms with Gasteiger partial charge in [-0.1, -0.05) is 30.3 Å². The van der Waals surface area contributed by atoms with Crippen molar-refractivity contribution in [3.05, 3.63) is 65.1 Å². The van der Waals surface area contributed by atoms with Crippen LogP contribution >= 0.6 is 0 Å². The summed E-state index contributed by atoms with van der Waals surface area (Å²) in [5.41, 5.74) is 4.20. The van der Waals surface area contributed by atoms with Gasteiger partial charge in [0.05, 0.1) is 6.04 Å². The van der Waals surface area contributed by atoms with Gasteiger partial charge in [0.1, 0.15) is 0 Å². The fraction of sp³-hybridized carbons (Fsp3) is 0.316. The van der Waals surface area contributed by atoms with E-state index in [9.17, 15) is 4.79 Å². The fourth-order valence-corrected chi connectivity index (χ4v) is 3.46. The SMILES string of the molecule is Cc1cc(C)n2nc(C(=O)N3CCNC[C@@H]3c3ccccc3)cc2n1. The van der Waals surface area contributed by atoms with Crippen LogP contribution in [0.25, 0.3) is 5.65 Å². The lowest BCUT2D eigenvalue weighted by atomic mass is 10.0. The Balaban J connectivity index is 1.70. The Morgan fingerprint density at radius 3 is 2.80 bits per heavy atom. The van der Waals surface area contributed by atoms with E-state index in [0.29, 0.717) is 17.9 Å². The van der Waals surface area contributed by atoms with Crippen molar-refractivity contribution in [1.82, 2.24) is 24.8 Å². The van der Waals surface area contributed by atoms with Crippen molar-refractivity contribution in [2.45, 2.75) is 19.9 Å². The summed E-state index contributed by atoms with van der Waals surface area (Å²) in [6.45, 7) is 6.12. The molecule has 25 heavy (non-hydrogen) atoms. The summed E-state index contributed by atoms with van der Waals surface area (Å²) in [6, 6.07) is 13.9. The smallest absolute Gasteiger partial charge is 0.275 e. The lowest BCUT2D eigenvalue weighted by Gasteiger charge is -2.36. The second-order valence-electron chi connectivity index (χ2n) is 6.47. The summed E-state index contributed by atoms with van der Waals surface area (Å²) in [5.74, 6) is -0.0436. The Morgan fingerprint density at radius 2 is 2.00 bits per heavy atom. The molecule has 0 bridgehead atoms. The highest BCUT2D eigenvalue weighted by atomic mass is 16.2. The molecule has 4 rings (SSSR count). The van der Waals surface area contributed by atoms with Gasteiger partial charge in [0.15, 0.2) is 11.3 Å². The average Bonchev–Trinajstić information content (AvgIpc) is 3.06. The highest BCUT2D eigenvalue weighted by Crippen LogP contribution is 2.24. The first-order chi connectivity index (χ1) is 12.1. The van der Waals surface area contributed by atoms with Crippen molar-refractivity contribution >= 4 is 11.6 Å². The molecule has 1 amide bonds. The minimum absolute atomic E-state index is 0.0167. The molecule has 1 N–H and O–H groups in total. The van der Waals surface area contributed by atoms with Crippen LogP contribution in [0, 0.1) is 13.8 Å². The highest BCUT2D eigenvalue weighted by molar-refractivity contribution is 5.93. The first kappa shape index (κ1) is 15.8. The number of aromatic nitrogens is 3. The van der Waals surface area contributed by atoms with Gasteiger partial charge in [0.25, 0.3) is 5.91 Å². The number of aryl methyl sites for hydroxylation is 2. The predicted octanol–water partition coefficient (Wildman–Crippen LogP) is 2.13. The predicted molar refractivity (Wildman–Crippen MR) is 95.6 cm³/mol. The van der Waals surface area contributed by atoms with Gasteiger partial charge < -0.3 is 10.2 Å². The third-order valence-corrected chi connectivity index (χ3v) is 4.64. The van der Waals surface area contributed by atoms with E-state index in [0.717, 1.165) is 30.0 Å². The molecule has 0 spiro atoms. The fourth-order valence-electron chi connectivity index (χ4n) is 3.46. The minimum atomic E-state index is -0.0436. The quantitative estimate of drug-likeness (QED) is 0.779. The number of amides is 1. The molecular formula is C19H21N5O. The van der Waals surface area contributed by atoms with E-state index in [1.165, 1.54) is 0 Å². The number of piperazine rings is 1. The first-order valence-corrected chi connectivity index (χ1v) is 8.54. The van der Waals surface area contributed by atoms with E-state index in [1.54, 1.807) is 10.6 Å². The molecule has 1 aliphatic heterocycles. The summed E-state index contributed by atoms with van der Waals surface area (Å²) >= 11 is 0. The van der Waals surface area contributed by atoms with Gasteiger partial charge in [-0.05, 0) is 25.5 Å². The minimum Gasteiger partial charge on any atom is -0.328 e. The monoisotopic (exact) mass is 335 g/mol. The second-order valence-corrected chi connectivity index (χ2v) is 6.47. The standard InChI is InChI=1S/C19H21N5O/c1-13-10-14(2)24-18(21-13)11-16(22-24)19(25)23-9-8-20-12-17(23)15-6-4-3-5-7-15/h3-7,10-11,17,20H,8-9,12H2,1-2H3/t17-/m1/s1. The van der Waals surface area contributed by atoms with Crippen LogP contribution in [0.2, 0.25) is 0 Å². The maximum Gasteiger partial charge on any atom is 0.275 e.